The first-order valence-electron chi connectivity index (χ1n) is 5.84. The number of benzene rings is 1. The number of nitrogens with zero attached hydrogens (tertiary/aromatic N) is 1. The van der Waals surface area contributed by atoms with Crippen LogP contribution >= 0.6 is 0 Å². The topological polar surface area (TPSA) is 49.8 Å². The first-order chi connectivity index (χ1) is 8.29. The zero-order chi connectivity index (χ0) is 12.1. The van der Waals surface area contributed by atoms with Crippen molar-refractivity contribution in [1.29, 1.82) is 0 Å². The van der Waals surface area contributed by atoms with Gasteiger partial charge in [0.2, 0.25) is 5.91 Å². The Morgan fingerprint density at radius 1 is 1.35 bits per heavy atom. The highest BCUT2D eigenvalue weighted by Crippen LogP contribution is 2.11. The second-order valence-electron chi connectivity index (χ2n) is 4.21. The van der Waals surface area contributed by atoms with E-state index in [1.165, 1.54) is 0 Å². The monoisotopic (exact) mass is 235 g/mol. The molecule has 1 atom stereocenters. The van der Waals surface area contributed by atoms with Gasteiger partial charge in [0.25, 0.3) is 0 Å². The Labute approximate surface area is 101 Å². The summed E-state index contributed by atoms with van der Waals surface area (Å²) in [5.41, 5.74) is 1.11. The number of aliphatic hydroxyl groups excluding tert-OH is 1. The van der Waals surface area contributed by atoms with E-state index in [2.05, 4.69) is 0 Å². The van der Waals surface area contributed by atoms with E-state index in [1.807, 2.05) is 30.3 Å². The molecule has 1 aliphatic heterocycles. The van der Waals surface area contributed by atoms with Crippen LogP contribution in [0.2, 0.25) is 0 Å². The predicted molar refractivity (Wildman–Crippen MR) is 63.3 cm³/mol. The first-order valence-corrected chi connectivity index (χ1v) is 5.84. The van der Waals surface area contributed by atoms with Gasteiger partial charge in [0, 0.05) is 13.1 Å². The van der Waals surface area contributed by atoms with Crippen LogP contribution in [0.1, 0.15) is 12.0 Å². The number of rotatable bonds is 3. The summed E-state index contributed by atoms with van der Waals surface area (Å²) in [6.07, 6.45) is 0.481. The fourth-order valence-electron chi connectivity index (χ4n) is 1.90. The van der Waals surface area contributed by atoms with Crippen molar-refractivity contribution >= 4 is 5.91 Å². The Morgan fingerprint density at radius 3 is 2.82 bits per heavy atom. The van der Waals surface area contributed by atoms with Crippen LogP contribution in [0.25, 0.3) is 0 Å². The summed E-state index contributed by atoms with van der Waals surface area (Å²) in [6.45, 7) is 1.30. The molecule has 0 bridgehead atoms. The van der Waals surface area contributed by atoms with Crippen molar-refractivity contribution < 1.29 is 14.6 Å². The molecule has 1 aromatic carbocycles. The molecule has 1 saturated heterocycles. The van der Waals surface area contributed by atoms with E-state index < -0.39 is 0 Å². The molecule has 17 heavy (non-hydrogen) atoms. The number of ether oxygens (including phenoxy) is 1. The van der Waals surface area contributed by atoms with Crippen LogP contribution in [-0.2, 0) is 16.1 Å². The Morgan fingerprint density at radius 2 is 2.12 bits per heavy atom. The maximum absolute atomic E-state index is 11.8. The van der Waals surface area contributed by atoms with Gasteiger partial charge >= 0.3 is 0 Å². The van der Waals surface area contributed by atoms with Gasteiger partial charge in [-0.05, 0) is 12.0 Å². The van der Waals surface area contributed by atoms with Crippen LogP contribution in [0.4, 0.5) is 0 Å². The average molecular weight is 235 g/mol. The summed E-state index contributed by atoms with van der Waals surface area (Å²) >= 11 is 0. The molecule has 1 fully saturated rings. The lowest BCUT2D eigenvalue weighted by atomic mass is 10.2. The fraction of sp³-hybridized carbons (Fsp3) is 0.462. The van der Waals surface area contributed by atoms with E-state index in [0.29, 0.717) is 19.5 Å². The van der Waals surface area contributed by atoms with Crippen molar-refractivity contribution in [2.75, 3.05) is 19.8 Å². The lowest BCUT2D eigenvalue weighted by Crippen LogP contribution is -2.32. The van der Waals surface area contributed by atoms with Gasteiger partial charge in [0.1, 0.15) is 6.61 Å². The van der Waals surface area contributed by atoms with Crippen LogP contribution in [-0.4, -0.2) is 41.8 Å². The molecule has 1 N–H and O–H groups in total. The highest BCUT2D eigenvalue weighted by atomic mass is 16.5. The second-order valence-corrected chi connectivity index (χ2v) is 4.21. The highest BCUT2D eigenvalue weighted by Gasteiger charge is 2.22. The number of amides is 1. The van der Waals surface area contributed by atoms with E-state index in [1.54, 1.807) is 4.90 Å². The number of carbonyl (C=O) groups excluding carboxylic acids is 1. The summed E-state index contributed by atoms with van der Waals surface area (Å²) in [7, 11) is 0. The molecule has 1 heterocycles. The maximum Gasteiger partial charge on any atom is 0.248 e. The van der Waals surface area contributed by atoms with Gasteiger partial charge in [-0.2, -0.15) is 0 Å². The first kappa shape index (κ1) is 12.1. The molecular formula is C13H17NO3. The number of hydrogen-bond acceptors (Lipinski definition) is 3. The largest absolute Gasteiger partial charge is 0.394 e. The molecule has 1 aromatic rings. The summed E-state index contributed by atoms with van der Waals surface area (Å²) < 4.78 is 5.29. The molecule has 0 unspecified atom stereocenters. The lowest BCUT2D eigenvalue weighted by Gasteiger charge is -2.19. The van der Waals surface area contributed by atoms with E-state index in [4.69, 9.17) is 9.84 Å². The molecule has 0 aliphatic carbocycles. The summed E-state index contributed by atoms with van der Waals surface area (Å²) in [6, 6.07) is 9.89. The quantitative estimate of drug-likeness (QED) is 0.843. The number of hydrogen-bond donors (Lipinski definition) is 1. The minimum atomic E-state index is -0.209. The molecule has 4 nitrogen and oxygen atoms in total. The summed E-state index contributed by atoms with van der Waals surface area (Å²) in [5.74, 6) is -0.00944. The van der Waals surface area contributed by atoms with Gasteiger partial charge in [0.05, 0.1) is 12.7 Å². The normalized spacial score (nSPS) is 21.4. The van der Waals surface area contributed by atoms with Gasteiger partial charge < -0.3 is 14.7 Å². The van der Waals surface area contributed by atoms with Gasteiger partial charge in [-0.15, -0.1) is 0 Å². The van der Waals surface area contributed by atoms with Crippen LogP contribution in [0.15, 0.2) is 30.3 Å². The Kier molecular flexibility index (Phi) is 4.12. The zero-order valence-electron chi connectivity index (χ0n) is 9.71. The smallest absolute Gasteiger partial charge is 0.248 e. The molecule has 0 radical (unpaired) electrons. The fourth-order valence-corrected chi connectivity index (χ4v) is 1.90. The molecule has 1 amide bonds. The molecule has 1 aliphatic rings. The van der Waals surface area contributed by atoms with E-state index in [0.717, 1.165) is 5.56 Å². The molecule has 0 aromatic heterocycles. The van der Waals surface area contributed by atoms with Crippen LogP contribution in [0.5, 0.6) is 0 Å². The SMILES string of the molecule is O=C1CO[C@H](CO)CCN1Cc1ccccc1. The van der Waals surface area contributed by atoms with Crippen molar-refractivity contribution in [2.24, 2.45) is 0 Å². The minimum Gasteiger partial charge on any atom is -0.394 e. The molecule has 4 heteroatoms. The van der Waals surface area contributed by atoms with Gasteiger partial charge in [-0.3, -0.25) is 4.79 Å². The van der Waals surface area contributed by atoms with Crippen molar-refractivity contribution in [3.63, 3.8) is 0 Å². The molecule has 92 valence electrons. The average Bonchev–Trinajstić information content (AvgIpc) is 2.54. The Balaban J connectivity index is 1.98. The van der Waals surface area contributed by atoms with Crippen LogP contribution < -0.4 is 0 Å². The molecule has 0 spiro atoms. The summed E-state index contributed by atoms with van der Waals surface area (Å²) in [5, 5.41) is 9.02. The third-order valence-electron chi connectivity index (χ3n) is 2.94. The van der Waals surface area contributed by atoms with Gasteiger partial charge in [-0.1, -0.05) is 30.3 Å². The van der Waals surface area contributed by atoms with Crippen molar-refractivity contribution in [1.82, 2.24) is 4.90 Å². The molecule has 2 rings (SSSR count). The van der Waals surface area contributed by atoms with Crippen LogP contribution in [0, 0.1) is 0 Å². The van der Waals surface area contributed by atoms with E-state index in [9.17, 15) is 4.79 Å². The van der Waals surface area contributed by atoms with E-state index in [-0.39, 0.29) is 25.2 Å². The van der Waals surface area contributed by atoms with Crippen molar-refractivity contribution in [2.45, 2.75) is 19.1 Å². The standard InChI is InChI=1S/C13H17NO3/c15-9-12-6-7-14(13(16)10-17-12)8-11-4-2-1-3-5-11/h1-5,12,15H,6-10H2/t12-/m0/s1. The van der Waals surface area contributed by atoms with Crippen molar-refractivity contribution in [3.05, 3.63) is 35.9 Å². The molecule has 0 saturated carbocycles. The highest BCUT2D eigenvalue weighted by molar-refractivity contribution is 5.77. The second kappa shape index (κ2) is 5.80. The minimum absolute atomic E-state index is 0.00944. The third kappa shape index (κ3) is 3.28. The molecular weight excluding hydrogens is 218 g/mol. The summed E-state index contributed by atoms with van der Waals surface area (Å²) in [4.78, 5) is 13.6. The van der Waals surface area contributed by atoms with Gasteiger partial charge in [-0.25, -0.2) is 0 Å². The lowest BCUT2D eigenvalue weighted by molar-refractivity contribution is -0.135. The Bertz CT molecular complexity index is 366. The Hall–Kier alpha value is -1.39. The maximum atomic E-state index is 11.8. The third-order valence-corrected chi connectivity index (χ3v) is 2.94. The predicted octanol–water partition coefficient (Wildman–Crippen LogP) is 0.796. The van der Waals surface area contributed by atoms with Gasteiger partial charge in [0.15, 0.2) is 0 Å². The number of carbonyl (C=O) groups is 1. The zero-order valence-corrected chi connectivity index (χ0v) is 9.71. The number of aliphatic hydroxyl groups is 1. The van der Waals surface area contributed by atoms with Crippen molar-refractivity contribution in [3.8, 4) is 0 Å². The van der Waals surface area contributed by atoms with E-state index >= 15 is 0 Å². The van der Waals surface area contributed by atoms with Crippen LogP contribution in [0.3, 0.4) is 0 Å².